The lowest BCUT2D eigenvalue weighted by Gasteiger charge is -2.06. The molecule has 0 aliphatic heterocycles. The van der Waals surface area contributed by atoms with E-state index in [1.807, 2.05) is 0 Å². The minimum atomic E-state index is -0.517. The van der Waals surface area contributed by atoms with Crippen LogP contribution in [0.25, 0.3) is 5.76 Å². The monoisotopic (exact) mass is 224 g/mol. The van der Waals surface area contributed by atoms with E-state index in [-0.39, 0.29) is 11.5 Å². The van der Waals surface area contributed by atoms with Gasteiger partial charge in [-0.25, -0.2) is 9.78 Å². The van der Waals surface area contributed by atoms with Crippen LogP contribution >= 0.6 is 0 Å². The van der Waals surface area contributed by atoms with Gasteiger partial charge < -0.3 is 14.0 Å². The standard InChI is InChI=1S/C10H12N2O4/c1-6(16-7(2)13)9-11-5-8(12(9)3)10(14)15-4/h5H,1H2,2-4H3. The lowest BCUT2D eigenvalue weighted by atomic mass is 10.4. The second kappa shape index (κ2) is 4.61. The highest BCUT2D eigenvalue weighted by Gasteiger charge is 2.17. The first-order valence-corrected chi connectivity index (χ1v) is 4.45. The molecule has 6 heteroatoms. The van der Waals surface area contributed by atoms with E-state index in [9.17, 15) is 9.59 Å². The molecule has 0 amide bonds. The third-order valence-electron chi connectivity index (χ3n) is 1.90. The predicted molar refractivity (Wildman–Crippen MR) is 55.3 cm³/mol. The molecule has 0 saturated heterocycles. The topological polar surface area (TPSA) is 70.4 Å². The van der Waals surface area contributed by atoms with Crippen molar-refractivity contribution in [3.05, 3.63) is 24.3 Å². The zero-order chi connectivity index (χ0) is 12.3. The summed E-state index contributed by atoms with van der Waals surface area (Å²) in [6, 6.07) is 0. The first-order valence-electron chi connectivity index (χ1n) is 4.45. The lowest BCUT2D eigenvalue weighted by Crippen LogP contribution is -2.10. The van der Waals surface area contributed by atoms with Gasteiger partial charge in [0.2, 0.25) is 0 Å². The smallest absolute Gasteiger partial charge is 0.356 e. The number of nitrogens with zero attached hydrogens (tertiary/aromatic N) is 2. The molecule has 1 aromatic rings. The number of carbonyl (C=O) groups excluding carboxylic acids is 2. The van der Waals surface area contributed by atoms with Crippen molar-refractivity contribution in [2.45, 2.75) is 6.92 Å². The molecular formula is C10H12N2O4. The molecule has 0 spiro atoms. The number of ether oxygens (including phenoxy) is 2. The van der Waals surface area contributed by atoms with Crippen molar-refractivity contribution in [1.82, 2.24) is 9.55 Å². The Morgan fingerprint density at radius 2 is 2.12 bits per heavy atom. The predicted octanol–water partition coefficient (Wildman–Crippen LogP) is 0.741. The lowest BCUT2D eigenvalue weighted by molar-refractivity contribution is -0.134. The summed E-state index contributed by atoms with van der Waals surface area (Å²) in [6.45, 7) is 4.81. The van der Waals surface area contributed by atoms with Crippen molar-refractivity contribution in [2.75, 3.05) is 7.11 Å². The summed E-state index contributed by atoms with van der Waals surface area (Å²) in [4.78, 5) is 25.9. The van der Waals surface area contributed by atoms with Crippen LogP contribution in [0, 0.1) is 0 Å². The van der Waals surface area contributed by atoms with E-state index in [2.05, 4.69) is 16.3 Å². The van der Waals surface area contributed by atoms with Gasteiger partial charge in [0, 0.05) is 14.0 Å². The molecule has 1 heterocycles. The molecule has 0 saturated carbocycles. The molecule has 0 bridgehead atoms. The highest BCUT2D eigenvalue weighted by molar-refractivity contribution is 5.88. The van der Waals surface area contributed by atoms with E-state index in [1.165, 1.54) is 24.8 Å². The van der Waals surface area contributed by atoms with Crippen LogP contribution in [-0.4, -0.2) is 28.6 Å². The van der Waals surface area contributed by atoms with Gasteiger partial charge >= 0.3 is 11.9 Å². The molecule has 0 atom stereocenters. The molecule has 0 N–H and O–H groups in total. The summed E-state index contributed by atoms with van der Waals surface area (Å²) in [5, 5.41) is 0. The average molecular weight is 224 g/mol. The van der Waals surface area contributed by atoms with Gasteiger partial charge in [0.05, 0.1) is 13.3 Å². The molecule has 86 valence electrons. The van der Waals surface area contributed by atoms with Gasteiger partial charge in [-0.15, -0.1) is 0 Å². The van der Waals surface area contributed by atoms with Gasteiger partial charge in [-0.05, 0) is 0 Å². The van der Waals surface area contributed by atoms with Crippen LogP contribution < -0.4 is 0 Å². The van der Waals surface area contributed by atoms with E-state index < -0.39 is 11.9 Å². The highest BCUT2D eigenvalue weighted by atomic mass is 16.5. The van der Waals surface area contributed by atoms with Crippen molar-refractivity contribution in [3.8, 4) is 0 Å². The second-order valence-corrected chi connectivity index (χ2v) is 3.03. The fraction of sp³-hybridized carbons (Fsp3) is 0.300. The Hall–Kier alpha value is -2.11. The Labute approximate surface area is 92.5 Å². The third kappa shape index (κ3) is 2.28. The third-order valence-corrected chi connectivity index (χ3v) is 1.90. The zero-order valence-electron chi connectivity index (χ0n) is 9.31. The molecule has 1 rings (SSSR count). The van der Waals surface area contributed by atoms with E-state index >= 15 is 0 Å². The molecule has 0 unspecified atom stereocenters. The molecule has 1 aromatic heterocycles. The minimum absolute atomic E-state index is 0.0881. The highest BCUT2D eigenvalue weighted by Crippen LogP contribution is 2.14. The molecule has 0 fully saturated rings. The Balaban J connectivity index is 3.00. The zero-order valence-corrected chi connectivity index (χ0v) is 9.31. The van der Waals surface area contributed by atoms with Crippen molar-refractivity contribution < 1.29 is 19.1 Å². The fourth-order valence-electron chi connectivity index (χ4n) is 1.18. The van der Waals surface area contributed by atoms with Gasteiger partial charge in [0.1, 0.15) is 5.69 Å². The van der Waals surface area contributed by atoms with Crippen LogP contribution in [-0.2, 0) is 21.3 Å². The SMILES string of the molecule is C=C(OC(C)=O)c1ncc(C(=O)OC)n1C. The normalized spacial score (nSPS) is 9.69. The molecule has 16 heavy (non-hydrogen) atoms. The maximum atomic E-state index is 11.3. The van der Waals surface area contributed by atoms with Crippen LogP contribution in [0.3, 0.4) is 0 Å². The quantitative estimate of drug-likeness (QED) is 0.559. The van der Waals surface area contributed by atoms with Gasteiger partial charge in [-0.3, -0.25) is 4.79 Å². The second-order valence-electron chi connectivity index (χ2n) is 3.03. The summed E-state index contributed by atoms with van der Waals surface area (Å²) in [5.74, 6) is -0.620. The summed E-state index contributed by atoms with van der Waals surface area (Å²) in [6.07, 6.45) is 1.33. The van der Waals surface area contributed by atoms with Gasteiger partial charge in [-0.1, -0.05) is 6.58 Å². The van der Waals surface area contributed by atoms with Gasteiger partial charge in [-0.2, -0.15) is 0 Å². The van der Waals surface area contributed by atoms with E-state index in [0.29, 0.717) is 5.82 Å². The van der Waals surface area contributed by atoms with Gasteiger partial charge in [0.25, 0.3) is 0 Å². The first kappa shape index (κ1) is 12.0. The number of aromatic nitrogens is 2. The van der Waals surface area contributed by atoms with Gasteiger partial charge in [0.15, 0.2) is 11.6 Å². The summed E-state index contributed by atoms with van der Waals surface area (Å²) >= 11 is 0. The van der Waals surface area contributed by atoms with Crippen molar-refractivity contribution >= 4 is 17.7 Å². The first-order chi connectivity index (χ1) is 7.47. The molecule has 0 radical (unpaired) electrons. The van der Waals surface area contributed by atoms with Crippen LogP contribution in [0.4, 0.5) is 0 Å². The van der Waals surface area contributed by atoms with E-state index in [0.717, 1.165) is 0 Å². The molecule has 0 aliphatic rings. The number of methoxy groups -OCH3 is 1. The summed E-state index contributed by atoms with van der Waals surface area (Å²) < 4.78 is 10.8. The van der Waals surface area contributed by atoms with E-state index in [4.69, 9.17) is 4.74 Å². The van der Waals surface area contributed by atoms with Crippen LogP contribution in [0.2, 0.25) is 0 Å². The molecular weight excluding hydrogens is 212 g/mol. The number of hydrogen-bond acceptors (Lipinski definition) is 5. The minimum Gasteiger partial charge on any atom is -0.464 e. The fourth-order valence-corrected chi connectivity index (χ4v) is 1.18. The average Bonchev–Trinajstić information content (AvgIpc) is 2.58. The summed E-state index contributed by atoms with van der Waals surface area (Å²) in [5.41, 5.74) is 0.255. The van der Waals surface area contributed by atoms with Crippen LogP contribution in [0.1, 0.15) is 23.2 Å². The Morgan fingerprint density at radius 3 is 2.62 bits per heavy atom. The van der Waals surface area contributed by atoms with Crippen molar-refractivity contribution in [1.29, 1.82) is 0 Å². The summed E-state index contributed by atoms with van der Waals surface area (Å²) in [7, 11) is 2.87. The number of imidazole rings is 1. The number of rotatable bonds is 3. The molecule has 0 aromatic carbocycles. The maximum absolute atomic E-state index is 11.3. The number of carbonyl (C=O) groups is 2. The Morgan fingerprint density at radius 1 is 1.50 bits per heavy atom. The van der Waals surface area contributed by atoms with Crippen molar-refractivity contribution in [3.63, 3.8) is 0 Å². The van der Waals surface area contributed by atoms with Crippen molar-refractivity contribution in [2.24, 2.45) is 7.05 Å². The largest absolute Gasteiger partial charge is 0.464 e. The number of hydrogen-bond donors (Lipinski definition) is 0. The van der Waals surface area contributed by atoms with Crippen LogP contribution in [0.5, 0.6) is 0 Å². The molecule has 6 nitrogen and oxygen atoms in total. The van der Waals surface area contributed by atoms with E-state index in [1.54, 1.807) is 7.05 Å². The maximum Gasteiger partial charge on any atom is 0.356 e. The Kier molecular flexibility index (Phi) is 3.44. The Bertz CT molecular complexity index is 448. The molecule has 0 aliphatic carbocycles. The van der Waals surface area contributed by atoms with Crippen LogP contribution in [0.15, 0.2) is 12.8 Å². The number of esters is 2.